The number of hydrogen-bond acceptors (Lipinski definition) is 7. The number of nitrogens with one attached hydrogen (secondary N) is 2. The fourth-order valence-electron chi connectivity index (χ4n) is 4.13. The molecule has 1 atom stereocenters. The van der Waals surface area contributed by atoms with Crippen LogP contribution in [0.15, 0.2) is 85.1 Å². The van der Waals surface area contributed by atoms with Gasteiger partial charge < -0.3 is 26.7 Å². The Morgan fingerprint density at radius 2 is 1.63 bits per heavy atom. The fourth-order valence-corrected chi connectivity index (χ4v) is 4.13. The van der Waals surface area contributed by atoms with Crippen molar-refractivity contribution in [2.24, 2.45) is 5.73 Å². The monoisotopic (exact) mass is 506 g/mol. The number of amides is 2. The van der Waals surface area contributed by atoms with E-state index in [0.29, 0.717) is 39.6 Å². The molecule has 2 heterocycles. The lowest BCUT2D eigenvalue weighted by Gasteiger charge is -2.29. The summed E-state index contributed by atoms with van der Waals surface area (Å²) in [5.74, 6) is -0.0594. The highest BCUT2D eigenvalue weighted by Gasteiger charge is 2.24. The Morgan fingerprint density at radius 1 is 0.974 bits per heavy atom. The Hall–Kier alpha value is -5.25. The van der Waals surface area contributed by atoms with Crippen LogP contribution < -0.4 is 21.7 Å². The molecule has 0 fully saturated rings. The van der Waals surface area contributed by atoms with Crippen LogP contribution >= 0.6 is 0 Å². The third-order valence-electron chi connectivity index (χ3n) is 6.06. The van der Waals surface area contributed by atoms with E-state index in [1.165, 1.54) is 6.20 Å². The second kappa shape index (κ2) is 10.4. The summed E-state index contributed by atoms with van der Waals surface area (Å²) in [6, 6.07) is 23.3. The van der Waals surface area contributed by atoms with Crippen LogP contribution in [0.2, 0.25) is 0 Å². The summed E-state index contributed by atoms with van der Waals surface area (Å²) in [4.78, 5) is 43.8. The molecule has 3 aromatic carbocycles. The Labute approximate surface area is 218 Å². The number of aryl methyl sites for hydroxylation is 1. The van der Waals surface area contributed by atoms with Gasteiger partial charge in [-0.25, -0.2) is 15.0 Å². The molecule has 0 unspecified atom stereocenters. The molecule has 0 saturated heterocycles. The number of carbonyl (C=O) groups excluding carboxylic acids is 2. The highest BCUT2D eigenvalue weighted by Crippen LogP contribution is 2.26. The zero-order valence-corrected chi connectivity index (χ0v) is 20.6. The number of benzene rings is 3. The van der Waals surface area contributed by atoms with Crippen molar-refractivity contribution in [1.29, 1.82) is 0 Å². The molecule has 5 rings (SSSR count). The van der Waals surface area contributed by atoms with E-state index in [1.807, 2.05) is 65.6 Å². The van der Waals surface area contributed by atoms with E-state index in [1.54, 1.807) is 25.1 Å². The van der Waals surface area contributed by atoms with E-state index in [-0.39, 0.29) is 6.54 Å². The van der Waals surface area contributed by atoms with Crippen LogP contribution in [0.4, 0.5) is 17.1 Å². The first-order valence-electron chi connectivity index (χ1n) is 12.0. The van der Waals surface area contributed by atoms with E-state index < -0.39 is 17.9 Å². The minimum Gasteiger partial charge on any atom is -0.396 e. The van der Waals surface area contributed by atoms with Crippen molar-refractivity contribution in [2.75, 3.05) is 17.2 Å². The van der Waals surface area contributed by atoms with Crippen molar-refractivity contribution in [3.8, 4) is 11.5 Å². The number of H-pyrrole nitrogens is 1. The number of primary amides is 1. The van der Waals surface area contributed by atoms with Crippen LogP contribution in [0.5, 0.6) is 0 Å². The number of imidazole rings is 1. The number of nitrogens with zero attached hydrogens (tertiary/aromatic N) is 4. The molecule has 0 bridgehead atoms. The van der Waals surface area contributed by atoms with Gasteiger partial charge in [0.05, 0.1) is 29.5 Å². The molecule has 0 aliphatic rings. The van der Waals surface area contributed by atoms with Gasteiger partial charge in [0.2, 0.25) is 5.91 Å². The predicted molar refractivity (Wildman–Crippen MR) is 147 cm³/mol. The summed E-state index contributed by atoms with van der Waals surface area (Å²) in [5.41, 5.74) is 16.0. The second-order valence-corrected chi connectivity index (χ2v) is 8.75. The molecular weight excluding hydrogens is 480 g/mol. The maximum Gasteiger partial charge on any atom is 0.252 e. The summed E-state index contributed by atoms with van der Waals surface area (Å²) < 4.78 is 0. The quantitative estimate of drug-likeness (QED) is 0.251. The highest BCUT2D eigenvalue weighted by molar-refractivity contribution is 6.00. The number of hydrogen-bond donors (Lipinski definition) is 4. The molecule has 0 radical (unpaired) electrons. The molecule has 10 heteroatoms. The van der Waals surface area contributed by atoms with Crippen LogP contribution in [-0.4, -0.2) is 44.3 Å². The average Bonchev–Trinajstić information content (AvgIpc) is 3.36. The first-order valence-corrected chi connectivity index (χ1v) is 12.0. The van der Waals surface area contributed by atoms with Gasteiger partial charge in [-0.15, -0.1) is 0 Å². The lowest BCUT2D eigenvalue weighted by molar-refractivity contribution is -0.119. The Morgan fingerprint density at radius 3 is 2.26 bits per heavy atom. The number of para-hydroxylation sites is 2. The van der Waals surface area contributed by atoms with Crippen molar-refractivity contribution in [3.05, 3.63) is 96.4 Å². The number of aromatic nitrogens is 4. The maximum atomic E-state index is 13.2. The smallest absolute Gasteiger partial charge is 0.252 e. The lowest BCUT2D eigenvalue weighted by atomic mass is 10.1. The molecule has 2 amide bonds. The van der Waals surface area contributed by atoms with Gasteiger partial charge in [0, 0.05) is 16.9 Å². The Kier molecular flexibility index (Phi) is 6.68. The van der Waals surface area contributed by atoms with Gasteiger partial charge in [0.25, 0.3) is 5.91 Å². The largest absolute Gasteiger partial charge is 0.396 e. The van der Waals surface area contributed by atoms with E-state index >= 15 is 0 Å². The number of nitrogens with two attached hydrogens (primary N) is 2. The normalized spacial score (nSPS) is 11.7. The Balaban J connectivity index is 1.40. The average molecular weight is 507 g/mol. The molecule has 5 aromatic rings. The van der Waals surface area contributed by atoms with Gasteiger partial charge in [0.1, 0.15) is 17.6 Å². The summed E-state index contributed by atoms with van der Waals surface area (Å²) in [6.45, 7) is 1.91. The highest BCUT2D eigenvalue weighted by atomic mass is 16.2. The van der Waals surface area contributed by atoms with Gasteiger partial charge in [0.15, 0.2) is 5.82 Å². The molecule has 0 spiro atoms. The van der Waals surface area contributed by atoms with E-state index in [9.17, 15) is 9.59 Å². The second-order valence-electron chi connectivity index (χ2n) is 8.75. The SMILES string of the molecule is Cc1ncc(N)c(-c2nc3cc(C(=O)N[C@@H](CN(c4ccccc4)c4ccccc4)C(N)=O)ccc3[nH]2)n1. The van der Waals surface area contributed by atoms with Crippen LogP contribution in [0.1, 0.15) is 16.2 Å². The number of rotatable bonds is 8. The minimum absolute atomic E-state index is 0.149. The molecule has 38 heavy (non-hydrogen) atoms. The molecule has 0 aliphatic carbocycles. The first kappa shape index (κ1) is 24.4. The standard InChI is InChI=1S/C28H26N8O2/c1-17-31-15-21(29)25(32-17)27-33-22-13-12-18(14-23(22)34-27)28(38)35-24(26(30)37)16-36(19-8-4-2-5-9-19)20-10-6-3-7-11-20/h2-15,24H,16,29H2,1H3,(H2,30,37)(H,33,34)(H,35,38)/t24-/m0/s1. The molecule has 190 valence electrons. The number of carbonyl (C=O) groups is 2. The lowest BCUT2D eigenvalue weighted by Crippen LogP contribution is -2.50. The van der Waals surface area contributed by atoms with E-state index in [0.717, 1.165) is 11.4 Å². The summed E-state index contributed by atoms with van der Waals surface area (Å²) in [5, 5.41) is 2.79. The van der Waals surface area contributed by atoms with Gasteiger partial charge in [-0.05, 0) is 49.4 Å². The maximum absolute atomic E-state index is 13.2. The predicted octanol–water partition coefficient (Wildman–Crippen LogP) is 3.33. The van der Waals surface area contributed by atoms with Crippen LogP contribution in [0, 0.1) is 6.92 Å². The van der Waals surface area contributed by atoms with Crippen LogP contribution in [0.3, 0.4) is 0 Å². The zero-order chi connectivity index (χ0) is 26.6. The molecular formula is C28H26N8O2. The van der Waals surface area contributed by atoms with E-state index in [4.69, 9.17) is 11.5 Å². The Bertz CT molecular complexity index is 1560. The number of fused-ring (bicyclic) bond motifs is 1. The van der Waals surface area contributed by atoms with Crippen molar-refractivity contribution < 1.29 is 9.59 Å². The van der Waals surface area contributed by atoms with Gasteiger partial charge in [-0.1, -0.05) is 36.4 Å². The van der Waals surface area contributed by atoms with E-state index in [2.05, 4.69) is 25.3 Å². The number of anilines is 3. The zero-order valence-electron chi connectivity index (χ0n) is 20.6. The van der Waals surface area contributed by atoms with Crippen molar-refractivity contribution >= 4 is 39.9 Å². The number of nitrogen functional groups attached to an aromatic ring is 1. The molecule has 2 aromatic heterocycles. The third-order valence-corrected chi connectivity index (χ3v) is 6.06. The number of aromatic amines is 1. The molecule has 0 aliphatic heterocycles. The van der Waals surface area contributed by atoms with Gasteiger partial charge in [-0.3, -0.25) is 9.59 Å². The fraction of sp³-hybridized carbons (Fsp3) is 0.107. The molecule has 10 nitrogen and oxygen atoms in total. The summed E-state index contributed by atoms with van der Waals surface area (Å²) >= 11 is 0. The van der Waals surface area contributed by atoms with Gasteiger partial charge >= 0.3 is 0 Å². The summed E-state index contributed by atoms with van der Waals surface area (Å²) in [6.07, 6.45) is 1.53. The first-order chi connectivity index (χ1) is 18.4. The molecule has 6 N–H and O–H groups in total. The van der Waals surface area contributed by atoms with Crippen LogP contribution in [0.25, 0.3) is 22.6 Å². The third kappa shape index (κ3) is 5.14. The topological polar surface area (TPSA) is 156 Å². The van der Waals surface area contributed by atoms with Gasteiger partial charge in [-0.2, -0.15) is 0 Å². The summed E-state index contributed by atoms with van der Waals surface area (Å²) in [7, 11) is 0. The molecule has 0 saturated carbocycles. The minimum atomic E-state index is -0.961. The van der Waals surface area contributed by atoms with Crippen molar-refractivity contribution in [1.82, 2.24) is 25.3 Å². The van der Waals surface area contributed by atoms with Crippen molar-refractivity contribution in [3.63, 3.8) is 0 Å². The van der Waals surface area contributed by atoms with Crippen molar-refractivity contribution in [2.45, 2.75) is 13.0 Å². The van der Waals surface area contributed by atoms with Crippen LogP contribution in [-0.2, 0) is 4.79 Å².